The number of nitrogens with zero attached hydrogens (tertiary/aromatic N) is 1. The fraction of sp³-hybridized carbons (Fsp3) is 0.625. The van der Waals surface area contributed by atoms with Crippen molar-refractivity contribution in [1.29, 1.82) is 0 Å². The summed E-state index contributed by atoms with van der Waals surface area (Å²) in [6, 6.07) is 3.96. The van der Waals surface area contributed by atoms with E-state index in [-0.39, 0.29) is 11.9 Å². The van der Waals surface area contributed by atoms with Gasteiger partial charge in [0.2, 0.25) is 0 Å². The average molecular weight is 277 g/mol. The molecule has 1 rings (SSSR count). The molecule has 0 saturated heterocycles. The second kappa shape index (κ2) is 7.88. The van der Waals surface area contributed by atoms with E-state index in [1.807, 2.05) is 19.1 Å². The molecule has 0 aromatic carbocycles. The summed E-state index contributed by atoms with van der Waals surface area (Å²) in [7, 11) is 0. The molecule has 4 heteroatoms. The Hall–Kier alpha value is -1.58. The van der Waals surface area contributed by atoms with Crippen LogP contribution in [-0.2, 0) is 0 Å². The first-order chi connectivity index (χ1) is 9.51. The van der Waals surface area contributed by atoms with Gasteiger partial charge in [0.15, 0.2) is 0 Å². The molecule has 1 heterocycles. The van der Waals surface area contributed by atoms with Gasteiger partial charge in [0.25, 0.3) is 5.91 Å². The summed E-state index contributed by atoms with van der Waals surface area (Å²) in [6.45, 7) is 11.2. The van der Waals surface area contributed by atoms with Crippen LogP contribution < -0.4 is 10.6 Å². The predicted octanol–water partition coefficient (Wildman–Crippen LogP) is 3.56. The summed E-state index contributed by atoms with van der Waals surface area (Å²) in [5.74, 6) is 1.06. The highest BCUT2D eigenvalue weighted by atomic mass is 16.1. The van der Waals surface area contributed by atoms with Crippen LogP contribution in [-0.4, -0.2) is 23.5 Å². The van der Waals surface area contributed by atoms with Gasteiger partial charge in [0, 0.05) is 23.8 Å². The Morgan fingerprint density at radius 1 is 1.20 bits per heavy atom. The van der Waals surface area contributed by atoms with Gasteiger partial charge in [-0.3, -0.25) is 4.79 Å². The van der Waals surface area contributed by atoms with Crippen molar-refractivity contribution in [3.8, 4) is 0 Å². The lowest BCUT2D eigenvalue weighted by Gasteiger charge is -2.16. The molecule has 0 aliphatic rings. The van der Waals surface area contributed by atoms with Crippen molar-refractivity contribution in [2.45, 2.75) is 59.4 Å². The molecular formula is C16H27N3O. The van der Waals surface area contributed by atoms with Gasteiger partial charge in [-0.1, -0.05) is 27.7 Å². The molecule has 0 aliphatic carbocycles. The third-order valence-electron chi connectivity index (χ3n) is 3.38. The standard InChI is InChI=1S/C16H27N3O/c1-6-13(7-2)18-16(20)12-9-14(11(4)5)19-15(10-12)17-8-3/h9-11,13H,6-8H2,1-5H3,(H,17,19)(H,18,20). The van der Waals surface area contributed by atoms with E-state index in [0.717, 1.165) is 30.9 Å². The van der Waals surface area contributed by atoms with Crippen LogP contribution in [0.3, 0.4) is 0 Å². The van der Waals surface area contributed by atoms with Crippen LogP contribution in [0.5, 0.6) is 0 Å². The highest BCUT2D eigenvalue weighted by Crippen LogP contribution is 2.18. The Morgan fingerprint density at radius 3 is 2.35 bits per heavy atom. The molecule has 0 atom stereocenters. The molecule has 0 bridgehead atoms. The van der Waals surface area contributed by atoms with Crippen molar-refractivity contribution >= 4 is 11.7 Å². The van der Waals surface area contributed by atoms with Crippen LogP contribution in [0.1, 0.15) is 69.4 Å². The number of anilines is 1. The molecule has 20 heavy (non-hydrogen) atoms. The van der Waals surface area contributed by atoms with Gasteiger partial charge < -0.3 is 10.6 Å². The Balaban J connectivity index is 3.00. The zero-order valence-corrected chi connectivity index (χ0v) is 13.3. The first-order valence-corrected chi connectivity index (χ1v) is 7.58. The van der Waals surface area contributed by atoms with Gasteiger partial charge in [-0.25, -0.2) is 4.98 Å². The molecule has 0 unspecified atom stereocenters. The highest BCUT2D eigenvalue weighted by Gasteiger charge is 2.14. The fourth-order valence-electron chi connectivity index (χ4n) is 2.01. The van der Waals surface area contributed by atoms with E-state index >= 15 is 0 Å². The number of nitrogens with one attached hydrogen (secondary N) is 2. The number of aromatic nitrogens is 1. The third-order valence-corrected chi connectivity index (χ3v) is 3.38. The van der Waals surface area contributed by atoms with Crippen LogP contribution in [0.4, 0.5) is 5.82 Å². The molecule has 2 N–H and O–H groups in total. The van der Waals surface area contributed by atoms with E-state index in [4.69, 9.17) is 0 Å². The minimum absolute atomic E-state index is 0.0119. The molecule has 112 valence electrons. The maximum atomic E-state index is 12.3. The maximum Gasteiger partial charge on any atom is 0.251 e. The van der Waals surface area contributed by atoms with Crippen molar-refractivity contribution in [1.82, 2.24) is 10.3 Å². The average Bonchev–Trinajstić information content (AvgIpc) is 2.44. The monoisotopic (exact) mass is 277 g/mol. The van der Waals surface area contributed by atoms with Crippen LogP contribution in [0.25, 0.3) is 0 Å². The van der Waals surface area contributed by atoms with E-state index in [9.17, 15) is 4.79 Å². The number of rotatable bonds is 7. The number of hydrogen-bond donors (Lipinski definition) is 2. The minimum Gasteiger partial charge on any atom is -0.370 e. The minimum atomic E-state index is -0.0119. The summed E-state index contributed by atoms with van der Waals surface area (Å²) in [5, 5.41) is 6.26. The molecule has 0 aliphatic heterocycles. The Labute approximate surface area is 122 Å². The summed E-state index contributed by atoms with van der Waals surface area (Å²) >= 11 is 0. The highest BCUT2D eigenvalue weighted by molar-refractivity contribution is 5.95. The molecule has 0 fully saturated rings. The molecule has 0 saturated carbocycles. The molecule has 0 radical (unpaired) electrons. The van der Waals surface area contributed by atoms with Crippen LogP contribution in [0.15, 0.2) is 12.1 Å². The van der Waals surface area contributed by atoms with Crippen LogP contribution >= 0.6 is 0 Å². The zero-order valence-electron chi connectivity index (χ0n) is 13.3. The van der Waals surface area contributed by atoms with Crippen LogP contribution in [0.2, 0.25) is 0 Å². The van der Waals surface area contributed by atoms with E-state index < -0.39 is 0 Å². The number of hydrogen-bond acceptors (Lipinski definition) is 3. The SMILES string of the molecule is CCNc1cc(C(=O)NC(CC)CC)cc(C(C)C)n1. The van der Waals surface area contributed by atoms with Gasteiger partial charge in [-0.05, 0) is 37.8 Å². The fourth-order valence-corrected chi connectivity index (χ4v) is 2.01. The van der Waals surface area contributed by atoms with E-state index in [0.29, 0.717) is 11.5 Å². The van der Waals surface area contributed by atoms with Gasteiger partial charge in [-0.15, -0.1) is 0 Å². The summed E-state index contributed by atoms with van der Waals surface area (Å²) in [5.41, 5.74) is 1.63. The topological polar surface area (TPSA) is 54.0 Å². The second-order valence-corrected chi connectivity index (χ2v) is 5.34. The maximum absolute atomic E-state index is 12.3. The number of carbonyl (C=O) groups excluding carboxylic acids is 1. The van der Waals surface area contributed by atoms with Crippen molar-refractivity contribution < 1.29 is 4.79 Å². The van der Waals surface area contributed by atoms with Gasteiger partial charge >= 0.3 is 0 Å². The van der Waals surface area contributed by atoms with Gasteiger partial charge in [0.1, 0.15) is 5.82 Å². The lowest BCUT2D eigenvalue weighted by Crippen LogP contribution is -2.34. The van der Waals surface area contributed by atoms with Crippen molar-refractivity contribution in [2.75, 3.05) is 11.9 Å². The van der Waals surface area contributed by atoms with Crippen molar-refractivity contribution in [3.63, 3.8) is 0 Å². The summed E-state index contributed by atoms with van der Waals surface area (Å²) < 4.78 is 0. The molecule has 0 spiro atoms. The predicted molar refractivity (Wildman–Crippen MR) is 84.3 cm³/mol. The first-order valence-electron chi connectivity index (χ1n) is 7.58. The number of pyridine rings is 1. The molecular weight excluding hydrogens is 250 g/mol. The molecule has 1 amide bonds. The molecule has 1 aromatic heterocycles. The Kier molecular flexibility index (Phi) is 6.49. The smallest absolute Gasteiger partial charge is 0.251 e. The van der Waals surface area contributed by atoms with Gasteiger partial charge in [0.05, 0.1) is 0 Å². The third kappa shape index (κ3) is 4.51. The first kappa shape index (κ1) is 16.5. The number of amides is 1. The summed E-state index contributed by atoms with van der Waals surface area (Å²) in [6.07, 6.45) is 1.90. The van der Waals surface area contributed by atoms with Crippen molar-refractivity contribution in [2.24, 2.45) is 0 Å². The summed E-state index contributed by atoms with van der Waals surface area (Å²) in [4.78, 5) is 16.9. The Bertz CT molecular complexity index is 439. The largest absolute Gasteiger partial charge is 0.370 e. The van der Waals surface area contributed by atoms with Crippen LogP contribution in [0, 0.1) is 0 Å². The van der Waals surface area contributed by atoms with E-state index in [2.05, 4.69) is 43.3 Å². The van der Waals surface area contributed by atoms with E-state index in [1.165, 1.54) is 0 Å². The van der Waals surface area contributed by atoms with Crippen molar-refractivity contribution in [3.05, 3.63) is 23.4 Å². The second-order valence-electron chi connectivity index (χ2n) is 5.34. The molecule has 1 aromatic rings. The Morgan fingerprint density at radius 2 is 1.85 bits per heavy atom. The normalized spacial score (nSPS) is 10.9. The molecule has 4 nitrogen and oxygen atoms in total. The number of carbonyl (C=O) groups is 1. The van der Waals surface area contributed by atoms with Gasteiger partial charge in [-0.2, -0.15) is 0 Å². The quantitative estimate of drug-likeness (QED) is 0.801. The lowest BCUT2D eigenvalue weighted by atomic mass is 10.1. The lowest BCUT2D eigenvalue weighted by molar-refractivity contribution is 0.0934. The van der Waals surface area contributed by atoms with E-state index in [1.54, 1.807) is 0 Å². The zero-order chi connectivity index (χ0) is 15.1.